The van der Waals surface area contributed by atoms with Crippen LogP contribution in [0.1, 0.15) is 37.0 Å². The van der Waals surface area contributed by atoms with Crippen LogP contribution >= 0.6 is 0 Å². The predicted octanol–water partition coefficient (Wildman–Crippen LogP) is 3.92. The number of benzene rings is 2. The van der Waals surface area contributed by atoms with Gasteiger partial charge in [0, 0.05) is 5.56 Å². The number of hydrogen-bond donors (Lipinski definition) is 1. The molecule has 0 radical (unpaired) electrons. The van der Waals surface area contributed by atoms with Gasteiger partial charge < -0.3 is 19.3 Å². The smallest absolute Gasteiger partial charge is 0.161 e. The highest BCUT2D eigenvalue weighted by Gasteiger charge is 2.40. The Morgan fingerprint density at radius 1 is 0.963 bits per heavy atom. The molecule has 27 heavy (non-hydrogen) atoms. The summed E-state index contributed by atoms with van der Waals surface area (Å²) in [5, 5.41) is 19.1. The van der Waals surface area contributed by atoms with Gasteiger partial charge in [-0.15, -0.1) is 0 Å². The van der Waals surface area contributed by atoms with Crippen molar-refractivity contribution >= 4 is 11.9 Å². The highest BCUT2D eigenvalue weighted by molar-refractivity contribution is 6.01. The van der Waals surface area contributed by atoms with Crippen LogP contribution in [-0.4, -0.2) is 38.4 Å². The highest BCUT2D eigenvalue weighted by atomic mass is 16.5. The van der Waals surface area contributed by atoms with Gasteiger partial charge >= 0.3 is 0 Å². The van der Waals surface area contributed by atoms with E-state index in [9.17, 15) is 5.11 Å². The fourth-order valence-electron chi connectivity index (χ4n) is 3.80. The molecule has 0 amide bonds. The van der Waals surface area contributed by atoms with E-state index in [1.54, 1.807) is 32.6 Å². The van der Waals surface area contributed by atoms with Crippen LogP contribution in [0, 0.1) is 0 Å². The van der Waals surface area contributed by atoms with Gasteiger partial charge in [0.25, 0.3) is 0 Å². The van der Waals surface area contributed by atoms with Crippen molar-refractivity contribution in [1.82, 2.24) is 0 Å². The molecule has 0 aliphatic carbocycles. The topological polar surface area (TPSA) is 72.6 Å². The maximum absolute atomic E-state index is 10.4. The molecule has 1 atom stereocenters. The molecule has 0 saturated carbocycles. The maximum atomic E-state index is 10.4. The molecular weight excluding hydrogens is 344 g/mol. The van der Waals surface area contributed by atoms with Gasteiger partial charge in [0.05, 0.1) is 38.7 Å². The van der Waals surface area contributed by atoms with Crippen molar-refractivity contribution < 1.29 is 19.3 Å². The SMILES string of the molecule is CCC1(c2ccc(OC)c(OC)c2)C(C)=NN=Cc2cc(OC)c(O)cc21. The lowest BCUT2D eigenvalue weighted by Gasteiger charge is -2.34. The Bertz CT molecular complexity index is 921. The third-order valence-electron chi connectivity index (χ3n) is 5.24. The van der Waals surface area contributed by atoms with Crippen molar-refractivity contribution in [2.24, 2.45) is 10.2 Å². The van der Waals surface area contributed by atoms with Gasteiger partial charge in [-0.3, -0.25) is 0 Å². The monoisotopic (exact) mass is 368 g/mol. The normalized spacial score (nSPS) is 18.3. The molecule has 1 aliphatic heterocycles. The number of phenols is 1. The number of nitrogens with zero attached hydrogens (tertiary/aromatic N) is 2. The van der Waals surface area contributed by atoms with Crippen LogP contribution in [0.3, 0.4) is 0 Å². The number of hydrogen-bond acceptors (Lipinski definition) is 6. The van der Waals surface area contributed by atoms with E-state index >= 15 is 0 Å². The van der Waals surface area contributed by atoms with Gasteiger partial charge in [0.2, 0.25) is 0 Å². The van der Waals surface area contributed by atoms with Crippen LogP contribution in [0.5, 0.6) is 23.0 Å². The Morgan fingerprint density at radius 2 is 1.67 bits per heavy atom. The minimum Gasteiger partial charge on any atom is -0.504 e. The maximum Gasteiger partial charge on any atom is 0.161 e. The fourth-order valence-corrected chi connectivity index (χ4v) is 3.80. The van der Waals surface area contributed by atoms with E-state index in [0.29, 0.717) is 17.2 Å². The van der Waals surface area contributed by atoms with Gasteiger partial charge in [-0.2, -0.15) is 10.2 Å². The Hall–Kier alpha value is -3.02. The van der Waals surface area contributed by atoms with Gasteiger partial charge in [0.1, 0.15) is 0 Å². The van der Waals surface area contributed by atoms with E-state index in [2.05, 4.69) is 17.1 Å². The Labute approximate surface area is 159 Å². The van der Waals surface area contributed by atoms with Crippen LogP contribution in [0.15, 0.2) is 40.5 Å². The standard InChI is InChI=1S/C21H24N2O4/c1-6-21(15-7-8-18(25-3)20(10-15)27-5)13(2)23-22-12-14-9-19(26-4)17(24)11-16(14)21/h7-12,24H,6H2,1-5H3. The van der Waals surface area contributed by atoms with Crippen molar-refractivity contribution in [3.63, 3.8) is 0 Å². The van der Waals surface area contributed by atoms with E-state index in [1.807, 2.05) is 25.1 Å². The van der Waals surface area contributed by atoms with Crippen LogP contribution in [0.4, 0.5) is 0 Å². The molecular formula is C21H24N2O4. The van der Waals surface area contributed by atoms with Crippen LogP contribution in [0.25, 0.3) is 0 Å². The molecule has 0 fully saturated rings. The first-order valence-electron chi connectivity index (χ1n) is 8.73. The highest BCUT2D eigenvalue weighted by Crippen LogP contribution is 2.45. The first-order valence-corrected chi connectivity index (χ1v) is 8.73. The Kier molecular flexibility index (Phi) is 5.08. The van der Waals surface area contributed by atoms with Crippen molar-refractivity contribution in [2.45, 2.75) is 25.7 Å². The summed E-state index contributed by atoms with van der Waals surface area (Å²) in [6.07, 6.45) is 2.42. The third-order valence-corrected chi connectivity index (χ3v) is 5.24. The quantitative estimate of drug-likeness (QED) is 0.868. The number of fused-ring (bicyclic) bond motifs is 1. The van der Waals surface area contributed by atoms with E-state index in [4.69, 9.17) is 14.2 Å². The second kappa shape index (κ2) is 7.31. The third kappa shape index (κ3) is 2.91. The van der Waals surface area contributed by atoms with Crippen LogP contribution in [0.2, 0.25) is 0 Å². The van der Waals surface area contributed by atoms with Crippen molar-refractivity contribution in [2.75, 3.05) is 21.3 Å². The van der Waals surface area contributed by atoms with Gasteiger partial charge in [-0.25, -0.2) is 0 Å². The number of ether oxygens (including phenoxy) is 3. The molecule has 0 aromatic heterocycles. The second-order valence-corrected chi connectivity index (χ2v) is 6.37. The molecule has 1 heterocycles. The summed E-state index contributed by atoms with van der Waals surface area (Å²) >= 11 is 0. The molecule has 0 spiro atoms. The number of rotatable bonds is 5. The van der Waals surface area contributed by atoms with E-state index < -0.39 is 5.41 Å². The van der Waals surface area contributed by atoms with E-state index in [1.165, 1.54) is 7.11 Å². The molecule has 0 saturated heterocycles. The number of phenolic OH excluding ortho intramolecular Hbond substituents is 1. The number of aromatic hydroxyl groups is 1. The molecule has 6 heteroatoms. The Balaban J connectivity index is 2.33. The summed E-state index contributed by atoms with van der Waals surface area (Å²) < 4.78 is 16.2. The largest absolute Gasteiger partial charge is 0.504 e. The van der Waals surface area contributed by atoms with Crippen molar-refractivity contribution in [3.8, 4) is 23.0 Å². The molecule has 3 rings (SSSR count). The molecule has 0 bridgehead atoms. The zero-order valence-electron chi connectivity index (χ0n) is 16.2. The van der Waals surface area contributed by atoms with Gasteiger partial charge in [-0.05, 0) is 48.7 Å². The summed E-state index contributed by atoms with van der Waals surface area (Å²) in [6.45, 7) is 4.04. The summed E-state index contributed by atoms with van der Waals surface area (Å²) in [7, 11) is 4.75. The lowest BCUT2D eigenvalue weighted by molar-refractivity contribution is 0.354. The molecule has 2 aromatic carbocycles. The molecule has 142 valence electrons. The molecule has 6 nitrogen and oxygen atoms in total. The average Bonchev–Trinajstić information content (AvgIpc) is 2.82. The second-order valence-electron chi connectivity index (χ2n) is 6.37. The van der Waals surface area contributed by atoms with E-state index in [-0.39, 0.29) is 5.75 Å². The van der Waals surface area contributed by atoms with Gasteiger partial charge in [0.15, 0.2) is 23.0 Å². The zero-order valence-corrected chi connectivity index (χ0v) is 16.2. The average molecular weight is 368 g/mol. The molecule has 2 aromatic rings. The summed E-state index contributed by atoms with van der Waals surface area (Å²) in [5.41, 5.74) is 3.01. The summed E-state index contributed by atoms with van der Waals surface area (Å²) in [4.78, 5) is 0. The molecule has 1 N–H and O–H groups in total. The Morgan fingerprint density at radius 3 is 2.30 bits per heavy atom. The van der Waals surface area contributed by atoms with Crippen molar-refractivity contribution in [3.05, 3.63) is 47.0 Å². The number of methoxy groups -OCH3 is 3. The summed E-state index contributed by atoms with van der Waals surface area (Å²) in [5.74, 6) is 1.78. The van der Waals surface area contributed by atoms with Gasteiger partial charge in [-0.1, -0.05) is 13.0 Å². The van der Waals surface area contributed by atoms with Crippen LogP contribution in [-0.2, 0) is 5.41 Å². The van der Waals surface area contributed by atoms with Crippen molar-refractivity contribution in [1.29, 1.82) is 0 Å². The van der Waals surface area contributed by atoms with Crippen LogP contribution < -0.4 is 14.2 Å². The minimum absolute atomic E-state index is 0.0812. The first-order chi connectivity index (χ1) is 13.0. The lowest BCUT2D eigenvalue weighted by Crippen LogP contribution is -2.35. The summed E-state index contributed by atoms with van der Waals surface area (Å²) in [6, 6.07) is 9.36. The fraction of sp³-hybridized carbons (Fsp3) is 0.333. The lowest BCUT2D eigenvalue weighted by atomic mass is 9.68. The molecule has 1 aliphatic rings. The van der Waals surface area contributed by atoms with E-state index in [0.717, 1.165) is 28.8 Å². The zero-order chi connectivity index (χ0) is 19.6. The molecule has 1 unspecified atom stereocenters. The predicted molar refractivity (Wildman–Crippen MR) is 106 cm³/mol. The minimum atomic E-state index is -0.574. The first kappa shape index (κ1) is 18.8.